The second-order valence-corrected chi connectivity index (χ2v) is 5.81. The predicted octanol–water partition coefficient (Wildman–Crippen LogP) is 4.08. The largest absolute Gasteiger partial charge is 0.497 e. The number of benzene rings is 1. The van der Waals surface area contributed by atoms with Crippen LogP contribution in [-0.2, 0) is 5.75 Å². The molecule has 0 unspecified atom stereocenters. The summed E-state index contributed by atoms with van der Waals surface area (Å²) in [4.78, 5) is 11.5. The summed E-state index contributed by atoms with van der Waals surface area (Å²) < 4.78 is 36.1. The zero-order valence-corrected chi connectivity index (χ0v) is 13.8. The number of thioether (sulfide) groups is 1. The van der Waals surface area contributed by atoms with Crippen molar-refractivity contribution in [1.82, 2.24) is 15.0 Å². The van der Waals surface area contributed by atoms with Gasteiger partial charge in [-0.3, -0.25) is 0 Å². The van der Waals surface area contributed by atoms with Gasteiger partial charge in [-0.05, 0) is 24.3 Å². The first-order valence-corrected chi connectivity index (χ1v) is 8.11. The van der Waals surface area contributed by atoms with E-state index in [1.165, 1.54) is 0 Å². The number of alkyl halides is 2. The van der Waals surface area contributed by atoms with Gasteiger partial charge in [-0.15, -0.1) is 0 Å². The molecule has 0 radical (unpaired) electrons. The molecule has 25 heavy (non-hydrogen) atoms. The number of hydrogen-bond acceptors (Lipinski definition) is 7. The molecule has 1 aromatic carbocycles. The van der Waals surface area contributed by atoms with Crippen LogP contribution in [0.2, 0.25) is 0 Å². The van der Waals surface area contributed by atoms with E-state index in [0.717, 1.165) is 29.1 Å². The monoisotopic (exact) mass is 365 g/mol. The molecular weight excluding hydrogens is 352 g/mol. The van der Waals surface area contributed by atoms with Crippen LogP contribution < -0.4 is 4.74 Å². The van der Waals surface area contributed by atoms with Crippen molar-refractivity contribution >= 4 is 11.8 Å². The lowest BCUT2D eigenvalue weighted by Gasteiger charge is -2.03. The molecule has 1 N–H and O–H groups in total. The van der Waals surface area contributed by atoms with Gasteiger partial charge in [0.2, 0.25) is 11.8 Å². The SMILES string of the molecule is COc1ccc(-c2cnc(CSc3nc(O)cc(C(F)F)n3)o2)cc1. The van der Waals surface area contributed by atoms with Gasteiger partial charge >= 0.3 is 0 Å². The van der Waals surface area contributed by atoms with Gasteiger partial charge in [0.05, 0.1) is 19.1 Å². The van der Waals surface area contributed by atoms with Crippen molar-refractivity contribution in [2.45, 2.75) is 17.3 Å². The molecule has 0 saturated carbocycles. The van der Waals surface area contributed by atoms with Gasteiger partial charge in [-0.2, -0.15) is 4.98 Å². The molecule has 2 aromatic heterocycles. The minimum atomic E-state index is -2.78. The Morgan fingerprint density at radius 3 is 2.68 bits per heavy atom. The molecule has 0 fully saturated rings. The van der Waals surface area contributed by atoms with Crippen molar-refractivity contribution in [3.63, 3.8) is 0 Å². The maximum absolute atomic E-state index is 12.7. The highest BCUT2D eigenvalue weighted by Crippen LogP contribution is 2.28. The van der Waals surface area contributed by atoms with Gasteiger partial charge in [0, 0.05) is 11.6 Å². The maximum atomic E-state index is 12.7. The molecule has 0 aliphatic rings. The molecule has 0 aliphatic carbocycles. The number of aromatic nitrogens is 3. The van der Waals surface area contributed by atoms with Gasteiger partial charge in [0.15, 0.2) is 10.9 Å². The van der Waals surface area contributed by atoms with Crippen LogP contribution in [0.5, 0.6) is 11.6 Å². The van der Waals surface area contributed by atoms with Gasteiger partial charge in [-0.1, -0.05) is 11.8 Å². The number of oxazole rings is 1. The van der Waals surface area contributed by atoms with E-state index in [2.05, 4.69) is 15.0 Å². The molecule has 0 aliphatic heterocycles. The summed E-state index contributed by atoms with van der Waals surface area (Å²) in [6, 6.07) is 8.12. The summed E-state index contributed by atoms with van der Waals surface area (Å²) >= 11 is 1.04. The number of methoxy groups -OCH3 is 1. The molecule has 3 aromatic rings. The summed E-state index contributed by atoms with van der Waals surface area (Å²) in [5.74, 6) is 1.43. The Labute approximate surface area is 145 Å². The van der Waals surface area contributed by atoms with Crippen molar-refractivity contribution in [1.29, 1.82) is 0 Å². The zero-order valence-electron chi connectivity index (χ0n) is 13.0. The average molecular weight is 365 g/mol. The summed E-state index contributed by atoms with van der Waals surface area (Å²) in [7, 11) is 1.59. The molecule has 6 nitrogen and oxygen atoms in total. The standard InChI is InChI=1S/C16H13F2N3O3S/c1-23-10-4-2-9(3-5-10)12-7-19-14(24-12)8-25-16-20-11(15(17)18)6-13(22)21-16/h2-7,15H,8H2,1H3,(H,20,21,22). The third kappa shape index (κ3) is 4.24. The lowest BCUT2D eigenvalue weighted by molar-refractivity contribution is 0.144. The minimum Gasteiger partial charge on any atom is -0.497 e. The summed E-state index contributed by atoms with van der Waals surface area (Å²) in [5, 5.41) is 9.42. The molecule has 0 atom stereocenters. The Morgan fingerprint density at radius 2 is 2.00 bits per heavy atom. The van der Waals surface area contributed by atoms with Crippen molar-refractivity contribution in [3.05, 3.63) is 48.1 Å². The first-order valence-electron chi connectivity index (χ1n) is 7.13. The highest BCUT2D eigenvalue weighted by atomic mass is 32.2. The Kier molecular flexibility index (Phi) is 5.13. The van der Waals surface area contributed by atoms with E-state index in [9.17, 15) is 13.9 Å². The van der Waals surface area contributed by atoms with Crippen molar-refractivity contribution in [3.8, 4) is 23.0 Å². The van der Waals surface area contributed by atoms with Crippen LogP contribution in [0.1, 0.15) is 18.0 Å². The van der Waals surface area contributed by atoms with E-state index in [-0.39, 0.29) is 10.9 Å². The van der Waals surface area contributed by atoms with E-state index in [1.54, 1.807) is 25.4 Å². The van der Waals surface area contributed by atoms with Crippen molar-refractivity contribution in [2.24, 2.45) is 0 Å². The molecule has 9 heteroatoms. The predicted molar refractivity (Wildman–Crippen MR) is 86.7 cm³/mol. The average Bonchev–Trinajstić information content (AvgIpc) is 3.08. The van der Waals surface area contributed by atoms with Crippen LogP contribution >= 0.6 is 11.8 Å². The molecule has 0 saturated heterocycles. The van der Waals surface area contributed by atoms with E-state index in [4.69, 9.17) is 9.15 Å². The van der Waals surface area contributed by atoms with Crippen LogP contribution in [0, 0.1) is 0 Å². The molecular formula is C16H13F2N3O3S. The molecule has 3 rings (SSSR count). The van der Waals surface area contributed by atoms with Gasteiger partial charge < -0.3 is 14.3 Å². The van der Waals surface area contributed by atoms with Crippen LogP contribution in [0.25, 0.3) is 11.3 Å². The van der Waals surface area contributed by atoms with Crippen molar-refractivity contribution < 1.29 is 23.0 Å². The first kappa shape index (κ1) is 17.2. The molecule has 0 bridgehead atoms. The van der Waals surface area contributed by atoms with E-state index in [1.807, 2.05) is 12.1 Å². The fraction of sp³-hybridized carbons (Fsp3) is 0.188. The lowest BCUT2D eigenvalue weighted by atomic mass is 10.2. The van der Waals surface area contributed by atoms with Crippen LogP contribution in [-0.4, -0.2) is 27.2 Å². The third-order valence-electron chi connectivity index (χ3n) is 3.19. The molecule has 2 heterocycles. The summed E-state index contributed by atoms with van der Waals surface area (Å²) in [6.45, 7) is 0. The summed E-state index contributed by atoms with van der Waals surface area (Å²) in [5.41, 5.74) is 0.305. The lowest BCUT2D eigenvalue weighted by Crippen LogP contribution is -1.95. The second kappa shape index (κ2) is 7.47. The summed E-state index contributed by atoms with van der Waals surface area (Å²) in [6.07, 6.45) is -1.21. The van der Waals surface area contributed by atoms with E-state index >= 15 is 0 Å². The molecule has 130 valence electrons. The Bertz CT molecular complexity index is 856. The number of halogens is 2. The number of hydrogen-bond donors (Lipinski definition) is 1. The zero-order chi connectivity index (χ0) is 17.8. The van der Waals surface area contributed by atoms with Crippen molar-refractivity contribution in [2.75, 3.05) is 7.11 Å². The Balaban J connectivity index is 1.69. The van der Waals surface area contributed by atoms with Crippen LogP contribution in [0.4, 0.5) is 8.78 Å². The highest BCUT2D eigenvalue weighted by Gasteiger charge is 2.14. The third-order valence-corrected chi connectivity index (χ3v) is 4.02. The molecule has 0 spiro atoms. The number of nitrogens with zero attached hydrogens (tertiary/aromatic N) is 3. The van der Waals surface area contributed by atoms with Gasteiger partial charge in [-0.25, -0.2) is 18.7 Å². The Morgan fingerprint density at radius 1 is 1.24 bits per heavy atom. The number of ether oxygens (including phenoxy) is 1. The van der Waals surface area contributed by atoms with E-state index in [0.29, 0.717) is 11.7 Å². The smallest absolute Gasteiger partial charge is 0.280 e. The van der Waals surface area contributed by atoms with Gasteiger partial charge in [0.25, 0.3) is 6.43 Å². The first-order chi connectivity index (χ1) is 12.0. The normalized spacial score (nSPS) is 11.0. The topological polar surface area (TPSA) is 81.3 Å². The van der Waals surface area contributed by atoms with Gasteiger partial charge in [0.1, 0.15) is 11.4 Å². The van der Waals surface area contributed by atoms with Crippen LogP contribution in [0.15, 0.2) is 46.1 Å². The number of rotatable bonds is 6. The Hall–Kier alpha value is -2.68. The molecule has 0 amide bonds. The van der Waals surface area contributed by atoms with E-state index < -0.39 is 18.0 Å². The fourth-order valence-corrected chi connectivity index (χ4v) is 2.71. The van der Waals surface area contributed by atoms with Crippen LogP contribution in [0.3, 0.4) is 0 Å². The second-order valence-electron chi connectivity index (χ2n) is 4.87. The highest BCUT2D eigenvalue weighted by molar-refractivity contribution is 7.98. The quantitative estimate of drug-likeness (QED) is 0.521. The minimum absolute atomic E-state index is 0.0273. The maximum Gasteiger partial charge on any atom is 0.280 e. The fourth-order valence-electron chi connectivity index (χ4n) is 2.00. The number of aromatic hydroxyl groups is 1.